The second-order valence-corrected chi connectivity index (χ2v) is 7.69. The van der Waals surface area contributed by atoms with Crippen LogP contribution in [0.15, 0.2) is 54.6 Å². The highest BCUT2D eigenvalue weighted by molar-refractivity contribution is 5.39. The monoisotopic (exact) mass is 383 g/mol. The molecule has 0 radical (unpaired) electrons. The molecule has 28 heavy (non-hydrogen) atoms. The van der Waals surface area contributed by atoms with E-state index in [0.29, 0.717) is 13.0 Å². The van der Waals surface area contributed by atoms with E-state index in [4.69, 9.17) is 9.47 Å². The molecule has 0 spiro atoms. The fourth-order valence-corrected chi connectivity index (χ4v) is 4.14. The molecule has 0 bridgehead atoms. The first-order valence-corrected chi connectivity index (χ1v) is 10.4. The first-order valence-electron chi connectivity index (χ1n) is 10.4. The summed E-state index contributed by atoms with van der Waals surface area (Å²) in [6, 6.07) is 18.2. The van der Waals surface area contributed by atoms with Gasteiger partial charge in [0.05, 0.1) is 5.60 Å². The Morgan fingerprint density at radius 1 is 1.07 bits per heavy atom. The summed E-state index contributed by atoms with van der Waals surface area (Å²) in [4.78, 5) is 0. The van der Waals surface area contributed by atoms with E-state index >= 15 is 0 Å². The van der Waals surface area contributed by atoms with Gasteiger partial charge in [0.15, 0.2) is 0 Å². The fraction of sp³-hybridized carbons (Fsp3) is 0.500. The number of methoxy groups -OCH3 is 1. The number of piperidine rings is 1. The predicted octanol–water partition coefficient (Wildman–Crippen LogP) is 4.27. The van der Waals surface area contributed by atoms with Crippen LogP contribution < -0.4 is 10.1 Å². The number of para-hydroxylation sites is 1. The molecule has 1 aliphatic heterocycles. The lowest BCUT2D eigenvalue weighted by Crippen LogP contribution is -2.44. The normalized spacial score (nSPS) is 19.1. The summed E-state index contributed by atoms with van der Waals surface area (Å²) < 4.78 is 11.4. The van der Waals surface area contributed by atoms with E-state index in [-0.39, 0.29) is 5.92 Å². The van der Waals surface area contributed by atoms with Crippen molar-refractivity contribution in [2.75, 3.05) is 26.8 Å². The van der Waals surface area contributed by atoms with E-state index in [2.05, 4.69) is 17.4 Å². The van der Waals surface area contributed by atoms with Crippen LogP contribution in [0.2, 0.25) is 0 Å². The van der Waals surface area contributed by atoms with Crippen LogP contribution in [0.5, 0.6) is 5.75 Å². The van der Waals surface area contributed by atoms with Crippen LogP contribution in [0, 0.1) is 5.92 Å². The molecule has 0 aromatic heterocycles. The van der Waals surface area contributed by atoms with Crippen LogP contribution in [-0.2, 0) is 16.9 Å². The molecule has 3 rings (SSSR count). The maximum atomic E-state index is 11.9. The van der Waals surface area contributed by atoms with Crippen molar-refractivity contribution in [1.82, 2.24) is 5.32 Å². The first kappa shape index (κ1) is 20.8. The summed E-state index contributed by atoms with van der Waals surface area (Å²) in [6.07, 6.45) is 4.72. The highest BCUT2D eigenvalue weighted by Gasteiger charge is 2.40. The highest BCUT2D eigenvalue weighted by atomic mass is 16.5. The number of ether oxygens (including phenoxy) is 2. The molecule has 4 nitrogen and oxygen atoms in total. The number of unbranched alkanes of at least 4 members (excludes halogenated alkanes) is 1. The van der Waals surface area contributed by atoms with Crippen molar-refractivity contribution >= 4 is 0 Å². The molecular weight excluding hydrogens is 350 g/mol. The SMILES string of the molecule is COCCCCC(O)(c1ccccc1OCc1ccccc1)[C@@H]1CCCNC1. The highest BCUT2D eigenvalue weighted by Crippen LogP contribution is 2.42. The summed E-state index contributed by atoms with van der Waals surface area (Å²) >= 11 is 0. The van der Waals surface area contributed by atoms with Crippen LogP contribution in [0.3, 0.4) is 0 Å². The molecule has 1 fully saturated rings. The lowest BCUT2D eigenvalue weighted by molar-refractivity contribution is -0.0454. The number of rotatable bonds is 10. The summed E-state index contributed by atoms with van der Waals surface area (Å²) in [7, 11) is 1.73. The van der Waals surface area contributed by atoms with Crippen molar-refractivity contribution < 1.29 is 14.6 Å². The Kier molecular flexibility index (Phi) is 7.90. The molecule has 2 N–H and O–H groups in total. The maximum Gasteiger partial charge on any atom is 0.125 e. The molecule has 1 heterocycles. The summed E-state index contributed by atoms with van der Waals surface area (Å²) in [6.45, 7) is 3.10. The van der Waals surface area contributed by atoms with Crippen LogP contribution in [0.25, 0.3) is 0 Å². The van der Waals surface area contributed by atoms with Crippen molar-refractivity contribution in [3.63, 3.8) is 0 Å². The topological polar surface area (TPSA) is 50.7 Å². The molecule has 2 aromatic carbocycles. The van der Waals surface area contributed by atoms with E-state index in [9.17, 15) is 5.11 Å². The molecule has 4 heteroatoms. The molecule has 0 aliphatic carbocycles. The van der Waals surface area contributed by atoms with E-state index in [1.54, 1.807) is 7.11 Å². The van der Waals surface area contributed by atoms with Gasteiger partial charge < -0.3 is 19.9 Å². The minimum atomic E-state index is -0.894. The number of hydrogen-bond acceptors (Lipinski definition) is 4. The number of hydrogen-bond donors (Lipinski definition) is 2. The van der Waals surface area contributed by atoms with Gasteiger partial charge in [0.2, 0.25) is 0 Å². The van der Waals surface area contributed by atoms with Crippen molar-refractivity contribution in [3.8, 4) is 5.75 Å². The second kappa shape index (κ2) is 10.6. The lowest BCUT2D eigenvalue weighted by atomic mass is 9.74. The largest absolute Gasteiger partial charge is 0.489 e. The van der Waals surface area contributed by atoms with Crippen LogP contribution >= 0.6 is 0 Å². The summed E-state index contributed by atoms with van der Waals surface area (Å²) in [5, 5.41) is 15.4. The molecule has 0 amide bonds. The summed E-state index contributed by atoms with van der Waals surface area (Å²) in [5.74, 6) is 0.969. The maximum absolute atomic E-state index is 11.9. The first-order chi connectivity index (χ1) is 13.7. The van der Waals surface area contributed by atoms with Crippen molar-refractivity contribution in [3.05, 3.63) is 65.7 Å². The number of benzene rings is 2. The zero-order chi connectivity index (χ0) is 19.7. The van der Waals surface area contributed by atoms with Gasteiger partial charge >= 0.3 is 0 Å². The average Bonchev–Trinajstić information content (AvgIpc) is 2.77. The minimum Gasteiger partial charge on any atom is -0.489 e. The Bertz CT molecular complexity index is 700. The Morgan fingerprint density at radius 3 is 2.61 bits per heavy atom. The van der Waals surface area contributed by atoms with Crippen LogP contribution in [-0.4, -0.2) is 31.9 Å². The smallest absolute Gasteiger partial charge is 0.125 e. The van der Waals surface area contributed by atoms with Gasteiger partial charge in [-0.3, -0.25) is 0 Å². The molecule has 1 aliphatic rings. The van der Waals surface area contributed by atoms with Crippen molar-refractivity contribution in [1.29, 1.82) is 0 Å². The predicted molar refractivity (Wildman–Crippen MR) is 112 cm³/mol. The van der Waals surface area contributed by atoms with Gasteiger partial charge in [0.1, 0.15) is 12.4 Å². The van der Waals surface area contributed by atoms with Crippen molar-refractivity contribution in [2.45, 2.75) is 44.3 Å². The molecule has 1 saturated heterocycles. The molecule has 2 aromatic rings. The second-order valence-electron chi connectivity index (χ2n) is 7.69. The minimum absolute atomic E-state index is 0.185. The van der Waals surface area contributed by atoms with Crippen molar-refractivity contribution in [2.24, 2.45) is 5.92 Å². The van der Waals surface area contributed by atoms with E-state index < -0.39 is 5.60 Å². The average molecular weight is 384 g/mol. The molecule has 152 valence electrons. The van der Waals surface area contributed by atoms with Gasteiger partial charge in [-0.1, -0.05) is 48.5 Å². The zero-order valence-electron chi connectivity index (χ0n) is 16.9. The van der Waals surface area contributed by atoms with Crippen LogP contribution in [0.4, 0.5) is 0 Å². The summed E-state index contributed by atoms with van der Waals surface area (Å²) in [5.41, 5.74) is 1.14. The Morgan fingerprint density at radius 2 is 1.86 bits per heavy atom. The standard InChI is InChI=1S/C24H33NO3/c1-27-17-8-7-15-24(26,21-12-9-16-25-18-21)22-13-5-6-14-23(22)28-19-20-10-3-2-4-11-20/h2-6,10-11,13-14,21,25-26H,7-9,12,15-19H2,1H3/t21-,24?/m1/s1. The van der Waals surface area contributed by atoms with Gasteiger partial charge in [-0.15, -0.1) is 0 Å². The molecule has 0 saturated carbocycles. The lowest BCUT2D eigenvalue weighted by Gasteiger charge is -2.40. The third-order valence-corrected chi connectivity index (χ3v) is 5.72. The fourth-order valence-electron chi connectivity index (χ4n) is 4.14. The van der Waals surface area contributed by atoms with Gasteiger partial charge in [-0.25, -0.2) is 0 Å². The zero-order valence-corrected chi connectivity index (χ0v) is 16.9. The van der Waals surface area contributed by atoms with Gasteiger partial charge in [0, 0.05) is 31.7 Å². The third kappa shape index (κ3) is 5.34. The number of nitrogens with one attached hydrogen (secondary N) is 1. The van der Waals surface area contributed by atoms with Gasteiger partial charge in [0.25, 0.3) is 0 Å². The Balaban J connectivity index is 1.81. The van der Waals surface area contributed by atoms with Gasteiger partial charge in [-0.05, 0) is 50.3 Å². The van der Waals surface area contributed by atoms with Crippen LogP contribution in [0.1, 0.15) is 43.2 Å². The molecular formula is C24H33NO3. The van der Waals surface area contributed by atoms with Gasteiger partial charge in [-0.2, -0.15) is 0 Å². The molecule has 2 atom stereocenters. The van der Waals surface area contributed by atoms with E-state index in [1.807, 2.05) is 42.5 Å². The molecule has 1 unspecified atom stereocenters. The Hall–Kier alpha value is -1.88. The van der Waals surface area contributed by atoms with E-state index in [0.717, 1.165) is 62.3 Å². The number of aliphatic hydroxyl groups is 1. The Labute approximate surface area is 168 Å². The quantitative estimate of drug-likeness (QED) is 0.602. The van der Waals surface area contributed by atoms with E-state index in [1.165, 1.54) is 0 Å². The third-order valence-electron chi connectivity index (χ3n) is 5.72.